The minimum absolute atomic E-state index is 0.144. The number of benzene rings is 2. The zero-order chi connectivity index (χ0) is 13.1. The van der Waals surface area contributed by atoms with Crippen molar-refractivity contribution in [1.29, 1.82) is 0 Å². The van der Waals surface area contributed by atoms with Gasteiger partial charge in [-0.1, -0.05) is 30.3 Å². The SMILES string of the molecule is Fc1ccc(CNCCNC2CC2)c2ccccc12. The zero-order valence-corrected chi connectivity index (χ0v) is 11.0. The summed E-state index contributed by atoms with van der Waals surface area (Å²) >= 11 is 0. The Morgan fingerprint density at radius 2 is 1.79 bits per heavy atom. The third-order valence-electron chi connectivity index (χ3n) is 3.59. The summed E-state index contributed by atoms with van der Waals surface area (Å²) in [5.74, 6) is -0.144. The lowest BCUT2D eigenvalue weighted by Crippen LogP contribution is -2.28. The summed E-state index contributed by atoms with van der Waals surface area (Å²) in [7, 11) is 0. The summed E-state index contributed by atoms with van der Waals surface area (Å²) in [5, 5.41) is 8.59. The molecular formula is C16H19FN2. The Hall–Kier alpha value is -1.45. The molecule has 0 heterocycles. The van der Waals surface area contributed by atoms with Gasteiger partial charge in [-0.05, 0) is 29.9 Å². The molecule has 0 saturated heterocycles. The second-order valence-electron chi connectivity index (χ2n) is 5.16. The van der Waals surface area contributed by atoms with Crippen LogP contribution < -0.4 is 10.6 Å². The van der Waals surface area contributed by atoms with Crippen LogP contribution in [0.15, 0.2) is 36.4 Å². The topological polar surface area (TPSA) is 24.1 Å². The molecule has 100 valence electrons. The van der Waals surface area contributed by atoms with Crippen LogP contribution in [0, 0.1) is 5.82 Å². The Bertz CT molecular complexity index is 564. The predicted octanol–water partition coefficient (Wildman–Crippen LogP) is 2.82. The van der Waals surface area contributed by atoms with Crippen LogP contribution in [0.5, 0.6) is 0 Å². The molecule has 0 aromatic heterocycles. The number of halogens is 1. The van der Waals surface area contributed by atoms with E-state index in [1.807, 2.05) is 30.3 Å². The van der Waals surface area contributed by atoms with Crippen molar-refractivity contribution in [2.45, 2.75) is 25.4 Å². The second-order valence-corrected chi connectivity index (χ2v) is 5.16. The summed E-state index contributed by atoms with van der Waals surface area (Å²) in [6.07, 6.45) is 2.64. The molecule has 0 unspecified atom stereocenters. The molecule has 3 rings (SSSR count). The van der Waals surface area contributed by atoms with Crippen molar-refractivity contribution in [2.75, 3.05) is 13.1 Å². The van der Waals surface area contributed by atoms with Gasteiger partial charge in [0.05, 0.1) is 0 Å². The third kappa shape index (κ3) is 3.11. The number of nitrogens with one attached hydrogen (secondary N) is 2. The summed E-state index contributed by atoms with van der Waals surface area (Å²) in [5.41, 5.74) is 1.16. The van der Waals surface area contributed by atoms with E-state index < -0.39 is 0 Å². The minimum Gasteiger partial charge on any atom is -0.313 e. The first kappa shape index (κ1) is 12.6. The first-order chi connectivity index (χ1) is 9.34. The summed E-state index contributed by atoms with van der Waals surface area (Å²) < 4.78 is 13.7. The first-order valence-electron chi connectivity index (χ1n) is 6.95. The van der Waals surface area contributed by atoms with E-state index in [4.69, 9.17) is 0 Å². The van der Waals surface area contributed by atoms with Crippen molar-refractivity contribution in [3.05, 3.63) is 47.8 Å². The third-order valence-corrected chi connectivity index (χ3v) is 3.59. The van der Waals surface area contributed by atoms with E-state index in [-0.39, 0.29) is 5.82 Å². The molecule has 0 atom stereocenters. The van der Waals surface area contributed by atoms with E-state index in [1.165, 1.54) is 12.8 Å². The molecule has 0 radical (unpaired) electrons. The first-order valence-corrected chi connectivity index (χ1v) is 6.95. The Kier molecular flexibility index (Phi) is 3.76. The molecule has 2 aromatic carbocycles. The fourth-order valence-electron chi connectivity index (χ4n) is 2.35. The van der Waals surface area contributed by atoms with E-state index in [9.17, 15) is 4.39 Å². The van der Waals surface area contributed by atoms with Gasteiger partial charge in [0.2, 0.25) is 0 Å². The number of fused-ring (bicyclic) bond motifs is 1. The fraction of sp³-hybridized carbons (Fsp3) is 0.375. The van der Waals surface area contributed by atoms with Gasteiger partial charge in [-0.3, -0.25) is 0 Å². The highest BCUT2D eigenvalue weighted by Crippen LogP contribution is 2.21. The maximum absolute atomic E-state index is 13.7. The Balaban J connectivity index is 1.61. The van der Waals surface area contributed by atoms with Gasteiger partial charge in [-0.15, -0.1) is 0 Å². The van der Waals surface area contributed by atoms with Gasteiger partial charge in [0.1, 0.15) is 5.82 Å². The van der Waals surface area contributed by atoms with Gasteiger partial charge in [0, 0.05) is 31.1 Å². The van der Waals surface area contributed by atoms with Gasteiger partial charge in [0.15, 0.2) is 0 Å². The lowest BCUT2D eigenvalue weighted by Gasteiger charge is -2.09. The van der Waals surface area contributed by atoms with Crippen LogP contribution in [0.3, 0.4) is 0 Å². The molecule has 0 bridgehead atoms. The molecule has 1 fully saturated rings. The summed E-state index contributed by atoms with van der Waals surface area (Å²) in [6.45, 7) is 2.74. The highest BCUT2D eigenvalue weighted by atomic mass is 19.1. The Morgan fingerprint density at radius 1 is 1.00 bits per heavy atom. The lowest BCUT2D eigenvalue weighted by atomic mass is 10.0. The largest absolute Gasteiger partial charge is 0.313 e. The molecule has 2 aromatic rings. The molecule has 0 spiro atoms. The number of rotatable bonds is 6. The van der Waals surface area contributed by atoms with Crippen LogP contribution in [-0.4, -0.2) is 19.1 Å². The van der Waals surface area contributed by atoms with E-state index in [1.54, 1.807) is 6.07 Å². The molecule has 1 aliphatic carbocycles. The van der Waals surface area contributed by atoms with E-state index in [2.05, 4.69) is 10.6 Å². The summed E-state index contributed by atoms with van der Waals surface area (Å²) in [6, 6.07) is 11.8. The van der Waals surface area contributed by atoms with Crippen molar-refractivity contribution >= 4 is 10.8 Å². The highest BCUT2D eigenvalue weighted by molar-refractivity contribution is 5.86. The van der Waals surface area contributed by atoms with Gasteiger partial charge < -0.3 is 10.6 Å². The van der Waals surface area contributed by atoms with Crippen molar-refractivity contribution < 1.29 is 4.39 Å². The maximum atomic E-state index is 13.7. The highest BCUT2D eigenvalue weighted by Gasteiger charge is 2.19. The van der Waals surface area contributed by atoms with Gasteiger partial charge >= 0.3 is 0 Å². The molecule has 1 aliphatic rings. The van der Waals surface area contributed by atoms with Crippen LogP contribution in [-0.2, 0) is 6.54 Å². The van der Waals surface area contributed by atoms with Crippen molar-refractivity contribution in [2.24, 2.45) is 0 Å². The second kappa shape index (κ2) is 5.68. The molecular weight excluding hydrogens is 239 g/mol. The van der Waals surface area contributed by atoms with Gasteiger partial charge in [0.25, 0.3) is 0 Å². The van der Waals surface area contributed by atoms with E-state index in [0.29, 0.717) is 5.39 Å². The standard InChI is InChI=1S/C16H19FN2/c17-16-8-5-12(14-3-1-2-4-15(14)16)11-18-9-10-19-13-6-7-13/h1-5,8,13,18-19H,6-7,9-11H2. The molecule has 19 heavy (non-hydrogen) atoms. The molecule has 0 amide bonds. The monoisotopic (exact) mass is 258 g/mol. The zero-order valence-electron chi connectivity index (χ0n) is 11.0. The van der Waals surface area contributed by atoms with Gasteiger partial charge in [-0.25, -0.2) is 4.39 Å². The Morgan fingerprint density at radius 3 is 2.58 bits per heavy atom. The maximum Gasteiger partial charge on any atom is 0.131 e. The average Bonchev–Trinajstić information content (AvgIpc) is 3.25. The molecule has 2 N–H and O–H groups in total. The molecule has 1 saturated carbocycles. The van der Waals surface area contributed by atoms with Crippen molar-refractivity contribution in [3.8, 4) is 0 Å². The van der Waals surface area contributed by atoms with Crippen LogP contribution in [0.4, 0.5) is 4.39 Å². The van der Waals surface area contributed by atoms with E-state index >= 15 is 0 Å². The van der Waals surface area contributed by atoms with Crippen molar-refractivity contribution in [3.63, 3.8) is 0 Å². The van der Waals surface area contributed by atoms with Crippen LogP contribution in [0.2, 0.25) is 0 Å². The van der Waals surface area contributed by atoms with Crippen LogP contribution >= 0.6 is 0 Å². The van der Waals surface area contributed by atoms with Gasteiger partial charge in [-0.2, -0.15) is 0 Å². The normalized spacial score (nSPS) is 15.0. The predicted molar refractivity (Wildman–Crippen MR) is 76.6 cm³/mol. The number of hydrogen-bond donors (Lipinski definition) is 2. The molecule has 3 heteroatoms. The average molecular weight is 258 g/mol. The smallest absolute Gasteiger partial charge is 0.131 e. The van der Waals surface area contributed by atoms with Crippen LogP contribution in [0.1, 0.15) is 18.4 Å². The molecule has 0 aliphatic heterocycles. The quantitative estimate of drug-likeness (QED) is 0.779. The number of hydrogen-bond acceptors (Lipinski definition) is 2. The van der Waals surface area contributed by atoms with Crippen LogP contribution in [0.25, 0.3) is 10.8 Å². The van der Waals surface area contributed by atoms with Crippen molar-refractivity contribution in [1.82, 2.24) is 10.6 Å². The lowest BCUT2D eigenvalue weighted by molar-refractivity contribution is 0.608. The Labute approximate surface area is 113 Å². The minimum atomic E-state index is -0.144. The molecule has 2 nitrogen and oxygen atoms in total. The van der Waals surface area contributed by atoms with E-state index in [0.717, 1.165) is 36.6 Å². The summed E-state index contributed by atoms with van der Waals surface area (Å²) in [4.78, 5) is 0. The fourth-order valence-corrected chi connectivity index (χ4v) is 2.35.